The number of carbonyl (C=O) groups excluding carboxylic acids is 2. The molecule has 0 aliphatic carbocycles. The topological polar surface area (TPSA) is 65.1 Å². The Hall–Kier alpha value is -1.30. The lowest BCUT2D eigenvalue weighted by Gasteiger charge is -2.26. The molecule has 15 heavy (non-hydrogen) atoms. The van der Waals surface area contributed by atoms with E-state index in [9.17, 15) is 9.59 Å². The highest BCUT2D eigenvalue weighted by Crippen LogP contribution is 2.26. The van der Waals surface area contributed by atoms with Crippen molar-refractivity contribution in [2.75, 3.05) is 21.3 Å². The molecular formula is C9H15NO5. The standard InChI is InChI=1S/C9H15NO5/c1-13-7-5-4-6(8(11)14-2)10(7)9(12)15-3/h6-7H,4-5H2,1-3H3/t6-,7+/m0/s1. The lowest BCUT2D eigenvalue weighted by Crippen LogP contribution is -2.45. The SMILES string of the molecule is COC(=O)[C@@H]1CC[C@@H](OC)N1C(=O)OC. The van der Waals surface area contributed by atoms with Crippen molar-refractivity contribution in [3.05, 3.63) is 0 Å². The molecule has 2 atom stereocenters. The largest absolute Gasteiger partial charge is 0.467 e. The maximum absolute atomic E-state index is 11.4. The number of hydrogen-bond acceptors (Lipinski definition) is 5. The highest BCUT2D eigenvalue weighted by molar-refractivity contribution is 5.82. The monoisotopic (exact) mass is 217 g/mol. The molecule has 86 valence electrons. The van der Waals surface area contributed by atoms with Gasteiger partial charge in [-0.25, -0.2) is 9.59 Å². The van der Waals surface area contributed by atoms with Crippen molar-refractivity contribution >= 4 is 12.1 Å². The second-order valence-corrected chi connectivity index (χ2v) is 3.18. The molecule has 1 aliphatic rings. The fraction of sp³-hybridized carbons (Fsp3) is 0.778. The molecule has 1 saturated heterocycles. The van der Waals surface area contributed by atoms with Crippen molar-refractivity contribution in [2.24, 2.45) is 0 Å². The van der Waals surface area contributed by atoms with E-state index in [1.165, 1.54) is 26.2 Å². The first-order valence-corrected chi connectivity index (χ1v) is 4.62. The second kappa shape index (κ2) is 4.97. The summed E-state index contributed by atoms with van der Waals surface area (Å²) in [6, 6.07) is -0.604. The Kier molecular flexibility index (Phi) is 3.90. The van der Waals surface area contributed by atoms with Crippen LogP contribution in [0.25, 0.3) is 0 Å². The predicted molar refractivity (Wildman–Crippen MR) is 50.1 cm³/mol. The summed E-state index contributed by atoms with van der Waals surface area (Å²) in [6.07, 6.45) is 0.141. The molecule has 1 amide bonds. The van der Waals surface area contributed by atoms with E-state index >= 15 is 0 Å². The average molecular weight is 217 g/mol. The van der Waals surface area contributed by atoms with Gasteiger partial charge in [0.2, 0.25) is 0 Å². The van der Waals surface area contributed by atoms with Crippen LogP contribution < -0.4 is 0 Å². The summed E-state index contributed by atoms with van der Waals surface area (Å²) in [6.45, 7) is 0. The highest BCUT2D eigenvalue weighted by atomic mass is 16.6. The number of methoxy groups -OCH3 is 3. The lowest BCUT2D eigenvalue weighted by molar-refractivity contribution is -0.147. The molecule has 1 aliphatic heterocycles. The molecule has 0 aromatic carbocycles. The van der Waals surface area contributed by atoms with Gasteiger partial charge in [0.05, 0.1) is 14.2 Å². The molecule has 0 unspecified atom stereocenters. The Balaban J connectivity index is 2.80. The number of hydrogen-bond donors (Lipinski definition) is 0. The second-order valence-electron chi connectivity index (χ2n) is 3.18. The van der Waals surface area contributed by atoms with E-state index in [4.69, 9.17) is 4.74 Å². The van der Waals surface area contributed by atoms with Crippen LogP contribution >= 0.6 is 0 Å². The highest BCUT2D eigenvalue weighted by Gasteiger charge is 2.42. The normalized spacial score (nSPS) is 25.1. The quantitative estimate of drug-likeness (QED) is 0.625. The van der Waals surface area contributed by atoms with Gasteiger partial charge in [-0.15, -0.1) is 0 Å². The molecule has 0 N–H and O–H groups in total. The number of amides is 1. The minimum Gasteiger partial charge on any atom is -0.467 e. The van der Waals surface area contributed by atoms with Crippen LogP contribution in [0.5, 0.6) is 0 Å². The van der Waals surface area contributed by atoms with E-state index in [1.807, 2.05) is 0 Å². The van der Waals surface area contributed by atoms with Gasteiger partial charge in [-0.3, -0.25) is 4.90 Å². The molecule has 1 rings (SSSR count). The van der Waals surface area contributed by atoms with Crippen molar-refractivity contribution in [3.63, 3.8) is 0 Å². The zero-order chi connectivity index (χ0) is 11.4. The Morgan fingerprint density at radius 1 is 1.13 bits per heavy atom. The third-order valence-electron chi connectivity index (χ3n) is 2.46. The Bertz CT molecular complexity index is 255. The van der Waals surface area contributed by atoms with Crippen molar-refractivity contribution in [1.82, 2.24) is 4.90 Å². The molecule has 0 bridgehead atoms. The van der Waals surface area contributed by atoms with Gasteiger partial charge in [-0.05, 0) is 12.8 Å². The van der Waals surface area contributed by atoms with Crippen LogP contribution in [0.3, 0.4) is 0 Å². The smallest absolute Gasteiger partial charge is 0.412 e. The summed E-state index contributed by atoms with van der Waals surface area (Å²) >= 11 is 0. The van der Waals surface area contributed by atoms with Gasteiger partial charge in [0.25, 0.3) is 0 Å². The van der Waals surface area contributed by atoms with Gasteiger partial charge in [0.1, 0.15) is 12.3 Å². The van der Waals surface area contributed by atoms with E-state index in [-0.39, 0.29) is 0 Å². The zero-order valence-corrected chi connectivity index (χ0v) is 9.06. The van der Waals surface area contributed by atoms with Crippen LogP contribution in [0.2, 0.25) is 0 Å². The number of carbonyl (C=O) groups is 2. The lowest BCUT2D eigenvalue weighted by atomic mass is 10.2. The number of ether oxygens (including phenoxy) is 3. The van der Waals surface area contributed by atoms with Crippen molar-refractivity contribution < 1.29 is 23.8 Å². The minimum absolute atomic E-state index is 0.415. The Morgan fingerprint density at radius 2 is 1.80 bits per heavy atom. The van der Waals surface area contributed by atoms with Gasteiger partial charge < -0.3 is 14.2 Å². The average Bonchev–Trinajstić information content (AvgIpc) is 2.70. The maximum atomic E-state index is 11.4. The first-order valence-electron chi connectivity index (χ1n) is 4.62. The van der Waals surface area contributed by atoms with Gasteiger partial charge in [0, 0.05) is 7.11 Å². The van der Waals surface area contributed by atoms with E-state index in [0.717, 1.165) is 0 Å². The predicted octanol–water partition coefficient (Wildman–Crippen LogP) is 0.363. The molecule has 0 spiro atoms. The van der Waals surface area contributed by atoms with Crippen molar-refractivity contribution in [3.8, 4) is 0 Å². The summed E-state index contributed by atoms with van der Waals surface area (Å²) in [5.41, 5.74) is 0. The van der Waals surface area contributed by atoms with Crippen LogP contribution in [0, 0.1) is 0 Å². The summed E-state index contributed by atoms with van der Waals surface area (Å²) < 4.78 is 14.3. The first kappa shape index (κ1) is 11.8. The molecule has 1 heterocycles. The molecule has 0 radical (unpaired) electrons. The van der Waals surface area contributed by atoms with Crippen molar-refractivity contribution in [1.29, 1.82) is 0 Å². The van der Waals surface area contributed by atoms with E-state index in [0.29, 0.717) is 12.8 Å². The van der Waals surface area contributed by atoms with Crippen LogP contribution in [0.1, 0.15) is 12.8 Å². The molecule has 1 fully saturated rings. The van der Waals surface area contributed by atoms with Gasteiger partial charge in [-0.2, -0.15) is 0 Å². The number of likely N-dealkylation sites (tertiary alicyclic amines) is 1. The molecular weight excluding hydrogens is 202 g/mol. The molecule has 0 aromatic rings. The number of nitrogens with zero attached hydrogens (tertiary/aromatic N) is 1. The number of rotatable bonds is 2. The Labute approximate surface area is 88.1 Å². The van der Waals surface area contributed by atoms with Crippen LogP contribution in [0.15, 0.2) is 0 Å². The zero-order valence-electron chi connectivity index (χ0n) is 9.06. The molecule has 6 heteroatoms. The van der Waals surface area contributed by atoms with E-state index < -0.39 is 24.3 Å². The molecule has 0 saturated carbocycles. The summed E-state index contributed by atoms with van der Waals surface area (Å²) in [5, 5.41) is 0. The van der Waals surface area contributed by atoms with Crippen LogP contribution in [-0.4, -0.2) is 50.6 Å². The fourth-order valence-electron chi connectivity index (χ4n) is 1.73. The maximum Gasteiger partial charge on any atom is 0.412 e. The third-order valence-corrected chi connectivity index (χ3v) is 2.46. The number of esters is 1. The van der Waals surface area contributed by atoms with E-state index in [2.05, 4.69) is 9.47 Å². The van der Waals surface area contributed by atoms with Crippen LogP contribution in [0.4, 0.5) is 4.79 Å². The van der Waals surface area contributed by atoms with Crippen molar-refractivity contribution in [2.45, 2.75) is 25.1 Å². The van der Waals surface area contributed by atoms with Gasteiger partial charge >= 0.3 is 12.1 Å². The minimum atomic E-state index is -0.604. The summed E-state index contributed by atoms with van der Waals surface area (Å²) in [7, 11) is 4.04. The van der Waals surface area contributed by atoms with Gasteiger partial charge in [-0.1, -0.05) is 0 Å². The van der Waals surface area contributed by atoms with Crippen LogP contribution in [-0.2, 0) is 19.0 Å². The third kappa shape index (κ3) is 2.20. The fourth-order valence-corrected chi connectivity index (χ4v) is 1.73. The summed E-state index contributed by atoms with van der Waals surface area (Å²) in [4.78, 5) is 24.1. The molecule has 6 nitrogen and oxygen atoms in total. The molecule has 0 aromatic heterocycles. The first-order chi connectivity index (χ1) is 7.15. The van der Waals surface area contributed by atoms with Gasteiger partial charge in [0.15, 0.2) is 0 Å². The summed E-state index contributed by atoms with van der Waals surface area (Å²) in [5.74, 6) is -0.444. The van der Waals surface area contributed by atoms with E-state index in [1.54, 1.807) is 0 Å². The Morgan fingerprint density at radius 3 is 2.27 bits per heavy atom.